The molecule has 0 aliphatic rings. The second-order valence-electron chi connectivity index (χ2n) is 3.85. The summed E-state index contributed by atoms with van der Waals surface area (Å²) in [4.78, 5) is 16.7. The number of hydrogen-bond donors (Lipinski definition) is 1. The van der Waals surface area contributed by atoms with Crippen LogP contribution in [0.3, 0.4) is 0 Å². The lowest BCUT2D eigenvalue weighted by atomic mass is 10.00. The summed E-state index contributed by atoms with van der Waals surface area (Å²) < 4.78 is 4.01. The van der Waals surface area contributed by atoms with Crippen LogP contribution in [0, 0.1) is 0 Å². The van der Waals surface area contributed by atoms with E-state index in [-0.39, 0.29) is 5.78 Å². The van der Waals surface area contributed by atoms with Crippen LogP contribution in [0.25, 0.3) is 0 Å². The fourth-order valence-corrected chi connectivity index (χ4v) is 1.76. The molecule has 0 heterocycles. The highest BCUT2D eigenvalue weighted by atomic mass is 35.5. The number of hydrogen-bond acceptors (Lipinski definition) is 4. The Bertz CT molecular complexity index is 556. The van der Waals surface area contributed by atoms with E-state index in [0.29, 0.717) is 16.9 Å². The van der Waals surface area contributed by atoms with E-state index in [0.717, 1.165) is 0 Å². The van der Waals surface area contributed by atoms with Gasteiger partial charge in [-0.15, -0.1) is 0 Å². The summed E-state index contributed by atoms with van der Waals surface area (Å²) in [6.07, 6.45) is -1.26. The summed E-state index contributed by atoms with van der Waals surface area (Å²) in [6.45, 7) is 0. The van der Waals surface area contributed by atoms with Crippen molar-refractivity contribution < 1.29 is 19.2 Å². The zero-order chi connectivity index (χ0) is 13.7. The monoisotopic (exact) mass is 278 g/mol. The molecule has 2 rings (SSSR count). The summed E-state index contributed by atoms with van der Waals surface area (Å²) >= 11 is 4.97. The molecule has 0 amide bonds. The van der Waals surface area contributed by atoms with Gasteiger partial charge in [0, 0.05) is 5.56 Å². The Hall–Kier alpha value is -1.88. The molecule has 19 heavy (non-hydrogen) atoms. The normalized spacial score (nSPS) is 11.9. The molecule has 0 aliphatic heterocycles. The molecule has 0 bridgehead atoms. The lowest BCUT2D eigenvalue weighted by Crippen LogP contribution is -2.12. The summed E-state index contributed by atoms with van der Waals surface area (Å²) in [7, 11) is 0. The van der Waals surface area contributed by atoms with Crippen molar-refractivity contribution in [3.8, 4) is 5.75 Å². The van der Waals surface area contributed by atoms with Gasteiger partial charge in [-0.3, -0.25) is 4.79 Å². The fourth-order valence-electron chi connectivity index (χ4n) is 1.68. The first kappa shape index (κ1) is 13.5. The van der Waals surface area contributed by atoms with E-state index >= 15 is 0 Å². The standard InChI is InChI=1S/C14H11ClO4/c15-19-18-12-8-4-7-11(9-12)14(17)13(16)10-5-2-1-3-6-10/h1-9,14,17H. The molecule has 0 saturated heterocycles. The van der Waals surface area contributed by atoms with Crippen molar-refractivity contribution in [2.24, 2.45) is 0 Å². The van der Waals surface area contributed by atoms with Gasteiger partial charge in [0.25, 0.3) is 0 Å². The molecule has 1 N–H and O–H groups in total. The fraction of sp³-hybridized carbons (Fsp3) is 0.0714. The topological polar surface area (TPSA) is 55.8 Å². The van der Waals surface area contributed by atoms with Gasteiger partial charge < -0.3 is 9.99 Å². The quantitative estimate of drug-likeness (QED) is 0.519. The van der Waals surface area contributed by atoms with Crippen molar-refractivity contribution in [1.82, 2.24) is 0 Å². The number of ketones is 1. The summed E-state index contributed by atoms with van der Waals surface area (Å²) in [5.41, 5.74) is 0.843. The van der Waals surface area contributed by atoms with Gasteiger partial charge in [-0.2, -0.15) is 0 Å². The maximum absolute atomic E-state index is 12.1. The summed E-state index contributed by atoms with van der Waals surface area (Å²) in [6, 6.07) is 14.9. The van der Waals surface area contributed by atoms with E-state index < -0.39 is 6.10 Å². The number of benzene rings is 2. The van der Waals surface area contributed by atoms with Crippen LogP contribution in [0.4, 0.5) is 0 Å². The SMILES string of the molecule is O=C(c1ccccc1)C(O)c1cccc(OOCl)c1. The van der Waals surface area contributed by atoms with E-state index in [1.807, 2.05) is 0 Å². The Balaban J connectivity index is 2.22. The number of Topliss-reactive ketones (excluding diaryl/α,β-unsaturated/α-hetero) is 1. The number of aliphatic hydroxyl groups is 1. The van der Waals surface area contributed by atoms with Crippen molar-refractivity contribution in [1.29, 1.82) is 0 Å². The average molecular weight is 279 g/mol. The maximum atomic E-state index is 12.1. The zero-order valence-corrected chi connectivity index (χ0v) is 10.6. The smallest absolute Gasteiger partial charge is 0.195 e. The number of aliphatic hydroxyl groups excluding tert-OH is 1. The number of rotatable bonds is 5. The van der Waals surface area contributed by atoms with Crippen LogP contribution >= 0.6 is 11.9 Å². The highest BCUT2D eigenvalue weighted by Gasteiger charge is 2.19. The predicted octanol–water partition coefficient (Wildman–Crippen LogP) is 3.07. The van der Waals surface area contributed by atoms with Gasteiger partial charge in [0.2, 0.25) is 0 Å². The molecule has 1 atom stereocenters. The first-order valence-electron chi connectivity index (χ1n) is 5.55. The van der Waals surface area contributed by atoms with Crippen LogP contribution in [0.5, 0.6) is 5.75 Å². The van der Waals surface area contributed by atoms with Crippen molar-refractivity contribution in [2.45, 2.75) is 6.10 Å². The Morgan fingerprint density at radius 2 is 1.84 bits per heavy atom. The van der Waals surface area contributed by atoms with Crippen LogP contribution in [-0.2, 0) is 4.44 Å². The third-order valence-corrected chi connectivity index (χ3v) is 2.67. The van der Waals surface area contributed by atoms with Crippen molar-refractivity contribution in [3.63, 3.8) is 0 Å². The van der Waals surface area contributed by atoms with Gasteiger partial charge in [-0.25, -0.2) is 0 Å². The molecular weight excluding hydrogens is 268 g/mol. The number of halogens is 1. The van der Waals surface area contributed by atoms with E-state index in [1.54, 1.807) is 48.5 Å². The van der Waals surface area contributed by atoms with Gasteiger partial charge in [0.05, 0.1) is 0 Å². The average Bonchev–Trinajstić information content (AvgIpc) is 2.47. The van der Waals surface area contributed by atoms with Crippen LogP contribution in [-0.4, -0.2) is 10.9 Å². The molecular formula is C14H11ClO4. The highest BCUT2D eigenvalue weighted by Crippen LogP contribution is 2.22. The van der Waals surface area contributed by atoms with Crippen LogP contribution < -0.4 is 4.89 Å². The molecule has 0 radical (unpaired) electrons. The third kappa shape index (κ3) is 3.32. The van der Waals surface area contributed by atoms with Gasteiger partial charge in [-0.05, 0) is 17.7 Å². The molecule has 0 spiro atoms. The Morgan fingerprint density at radius 1 is 1.11 bits per heavy atom. The van der Waals surface area contributed by atoms with Gasteiger partial charge in [0.15, 0.2) is 11.5 Å². The summed E-state index contributed by atoms with van der Waals surface area (Å²) in [5.74, 6) is -0.0862. The highest BCUT2D eigenvalue weighted by molar-refractivity contribution is 6.06. The molecule has 98 valence electrons. The van der Waals surface area contributed by atoms with Crippen molar-refractivity contribution >= 4 is 17.6 Å². The largest absolute Gasteiger partial charge is 0.380 e. The molecule has 4 nitrogen and oxygen atoms in total. The first-order chi connectivity index (χ1) is 9.22. The van der Waals surface area contributed by atoms with Crippen molar-refractivity contribution in [3.05, 3.63) is 65.7 Å². The van der Waals surface area contributed by atoms with E-state index in [4.69, 9.17) is 11.9 Å². The minimum Gasteiger partial charge on any atom is -0.380 e. The summed E-state index contributed by atoms with van der Waals surface area (Å²) in [5, 5.41) is 10.1. The molecule has 2 aromatic rings. The second kappa shape index (κ2) is 6.33. The van der Waals surface area contributed by atoms with E-state index in [1.165, 1.54) is 6.07 Å². The molecule has 0 saturated carbocycles. The van der Waals surface area contributed by atoms with Crippen LogP contribution in [0.1, 0.15) is 22.0 Å². The van der Waals surface area contributed by atoms with Crippen LogP contribution in [0.2, 0.25) is 0 Å². The number of carbonyl (C=O) groups is 1. The van der Waals surface area contributed by atoms with Crippen LogP contribution in [0.15, 0.2) is 54.6 Å². The third-order valence-electron chi connectivity index (χ3n) is 2.61. The maximum Gasteiger partial charge on any atom is 0.195 e. The zero-order valence-electron chi connectivity index (χ0n) is 9.82. The molecule has 0 aromatic heterocycles. The van der Waals surface area contributed by atoms with Gasteiger partial charge in [-0.1, -0.05) is 46.9 Å². The lowest BCUT2D eigenvalue weighted by Gasteiger charge is -2.10. The van der Waals surface area contributed by atoms with E-state index in [9.17, 15) is 9.90 Å². The van der Waals surface area contributed by atoms with Gasteiger partial charge in [0.1, 0.15) is 18.0 Å². The van der Waals surface area contributed by atoms with E-state index in [2.05, 4.69) is 9.33 Å². The molecule has 5 heteroatoms. The minimum absolute atomic E-state index is 0.299. The molecule has 2 aromatic carbocycles. The number of carbonyl (C=O) groups excluding carboxylic acids is 1. The Labute approximate surface area is 115 Å². The predicted molar refractivity (Wildman–Crippen MR) is 69.7 cm³/mol. The molecule has 0 fully saturated rings. The Morgan fingerprint density at radius 3 is 2.53 bits per heavy atom. The molecule has 1 unspecified atom stereocenters. The minimum atomic E-state index is -1.26. The van der Waals surface area contributed by atoms with Gasteiger partial charge >= 0.3 is 0 Å². The first-order valence-corrected chi connectivity index (χ1v) is 5.86. The second-order valence-corrected chi connectivity index (χ2v) is 3.98. The van der Waals surface area contributed by atoms with Crippen molar-refractivity contribution in [2.75, 3.05) is 0 Å². The lowest BCUT2D eigenvalue weighted by molar-refractivity contribution is -0.0919. The Kier molecular flexibility index (Phi) is 4.52. The molecule has 0 aliphatic carbocycles.